The van der Waals surface area contributed by atoms with Crippen molar-refractivity contribution in [3.05, 3.63) is 22.5 Å². The predicted molar refractivity (Wildman–Crippen MR) is 81.7 cm³/mol. The van der Waals surface area contributed by atoms with Crippen molar-refractivity contribution in [1.82, 2.24) is 9.88 Å². The molecule has 1 aliphatic carbocycles. The van der Waals surface area contributed by atoms with Gasteiger partial charge >= 0.3 is 0 Å². The summed E-state index contributed by atoms with van der Waals surface area (Å²) in [7, 11) is 0. The first kappa shape index (κ1) is 14.4. The molecule has 0 radical (unpaired) electrons. The monoisotopic (exact) mass is 288 g/mol. The second-order valence-corrected chi connectivity index (χ2v) is 7.27. The Kier molecular flexibility index (Phi) is 3.42. The lowest BCUT2D eigenvalue weighted by Gasteiger charge is -2.28. The van der Waals surface area contributed by atoms with Gasteiger partial charge in [0.25, 0.3) is 5.91 Å². The molecule has 1 N–H and O–H groups in total. The van der Waals surface area contributed by atoms with E-state index in [0.717, 1.165) is 49.2 Å². The predicted octanol–water partition coefficient (Wildman–Crippen LogP) is 3.10. The first-order chi connectivity index (χ1) is 9.89. The lowest BCUT2D eigenvalue weighted by Crippen LogP contribution is -2.36. The van der Waals surface area contributed by atoms with Gasteiger partial charge in [-0.15, -0.1) is 0 Å². The highest BCUT2D eigenvalue weighted by Gasteiger charge is 2.35. The molecule has 1 aromatic heterocycles. The van der Waals surface area contributed by atoms with Crippen molar-refractivity contribution in [2.75, 3.05) is 13.1 Å². The number of Topliss-reactive ketones (excluding diaryl/α,β-unsaturated/α-hetero) is 1. The molecular formula is C17H24N2O2. The zero-order valence-corrected chi connectivity index (χ0v) is 13.2. The number of piperidine rings is 1. The van der Waals surface area contributed by atoms with Crippen molar-refractivity contribution in [1.29, 1.82) is 0 Å². The minimum absolute atomic E-state index is 0.0210. The molecule has 0 saturated carbocycles. The Morgan fingerprint density at radius 2 is 1.81 bits per heavy atom. The van der Waals surface area contributed by atoms with E-state index in [9.17, 15) is 9.59 Å². The molecule has 21 heavy (non-hydrogen) atoms. The molecule has 2 heterocycles. The van der Waals surface area contributed by atoms with Crippen LogP contribution in [-0.4, -0.2) is 34.7 Å². The van der Waals surface area contributed by atoms with Gasteiger partial charge in [0.05, 0.1) is 0 Å². The molecule has 1 aromatic rings. The Labute approximate surface area is 125 Å². The smallest absolute Gasteiger partial charge is 0.270 e. The molecule has 0 spiro atoms. The maximum absolute atomic E-state index is 12.7. The van der Waals surface area contributed by atoms with Crippen molar-refractivity contribution < 1.29 is 9.59 Å². The average molecular weight is 288 g/mol. The van der Waals surface area contributed by atoms with Crippen LogP contribution < -0.4 is 0 Å². The van der Waals surface area contributed by atoms with Crippen LogP contribution in [0.4, 0.5) is 0 Å². The lowest BCUT2D eigenvalue weighted by molar-refractivity contribution is 0.0718. The largest absolute Gasteiger partial charge is 0.354 e. The minimum atomic E-state index is -0.0210. The molecule has 114 valence electrons. The maximum Gasteiger partial charge on any atom is 0.270 e. The van der Waals surface area contributed by atoms with E-state index in [0.29, 0.717) is 12.1 Å². The van der Waals surface area contributed by atoms with Gasteiger partial charge in [-0.05, 0) is 43.6 Å². The molecule has 4 heteroatoms. The van der Waals surface area contributed by atoms with E-state index in [1.165, 1.54) is 6.42 Å². The Morgan fingerprint density at radius 3 is 2.48 bits per heavy atom. The number of ketones is 1. The standard InChI is InChI=1S/C17H24N2O2/c1-11-14-12(9-17(2,3)10-13(14)20)18-15(11)16(21)19-7-5-4-6-8-19/h18H,4-10H2,1-3H3. The summed E-state index contributed by atoms with van der Waals surface area (Å²) in [6.45, 7) is 7.79. The fraction of sp³-hybridized carbons (Fsp3) is 0.647. The van der Waals surface area contributed by atoms with E-state index in [-0.39, 0.29) is 17.1 Å². The zero-order chi connectivity index (χ0) is 15.2. The number of nitrogens with zero attached hydrogens (tertiary/aromatic N) is 1. The number of carbonyl (C=O) groups excluding carboxylic acids is 2. The van der Waals surface area contributed by atoms with Crippen LogP contribution in [0.1, 0.15) is 71.6 Å². The number of H-pyrrole nitrogens is 1. The summed E-state index contributed by atoms with van der Waals surface area (Å²) >= 11 is 0. The maximum atomic E-state index is 12.7. The topological polar surface area (TPSA) is 53.2 Å². The third-order valence-corrected chi connectivity index (χ3v) is 4.76. The number of aromatic nitrogens is 1. The van der Waals surface area contributed by atoms with Crippen LogP contribution in [0, 0.1) is 12.3 Å². The fourth-order valence-corrected chi connectivity index (χ4v) is 3.70. The van der Waals surface area contributed by atoms with E-state index >= 15 is 0 Å². The summed E-state index contributed by atoms with van der Waals surface area (Å²) < 4.78 is 0. The van der Waals surface area contributed by atoms with Crippen LogP contribution >= 0.6 is 0 Å². The van der Waals surface area contributed by atoms with E-state index in [2.05, 4.69) is 18.8 Å². The molecule has 0 aromatic carbocycles. The van der Waals surface area contributed by atoms with Gasteiger partial charge in [-0.3, -0.25) is 9.59 Å². The van der Waals surface area contributed by atoms with E-state index in [1.807, 2.05) is 11.8 Å². The molecule has 0 bridgehead atoms. The molecule has 0 atom stereocenters. The summed E-state index contributed by atoms with van der Waals surface area (Å²) in [6.07, 6.45) is 4.77. The fourth-order valence-electron chi connectivity index (χ4n) is 3.70. The summed E-state index contributed by atoms with van der Waals surface area (Å²) in [5.41, 5.74) is 3.19. The van der Waals surface area contributed by atoms with Gasteiger partial charge in [-0.25, -0.2) is 0 Å². The van der Waals surface area contributed by atoms with Crippen molar-refractivity contribution in [3.8, 4) is 0 Å². The molecule has 3 rings (SSSR count). The number of likely N-dealkylation sites (tertiary alicyclic amines) is 1. The number of nitrogens with one attached hydrogen (secondary N) is 1. The van der Waals surface area contributed by atoms with E-state index in [4.69, 9.17) is 0 Å². The molecule has 1 amide bonds. The molecule has 1 fully saturated rings. The number of hydrogen-bond acceptors (Lipinski definition) is 2. The highest BCUT2D eigenvalue weighted by Crippen LogP contribution is 2.37. The lowest BCUT2D eigenvalue weighted by atomic mass is 9.75. The Bertz CT molecular complexity index is 592. The Hall–Kier alpha value is -1.58. The van der Waals surface area contributed by atoms with Crippen molar-refractivity contribution in [2.45, 2.75) is 52.9 Å². The number of carbonyl (C=O) groups is 2. The van der Waals surface area contributed by atoms with Crippen LogP contribution in [0.5, 0.6) is 0 Å². The first-order valence-electron chi connectivity index (χ1n) is 7.93. The molecule has 1 saturated heterocycles. The van der Waals surface area contributed by atoms with Gasteiger partial charge in [0, 0.05) is 30.8 Å². The summed E-state index contributed by atoms with van der Waals surface area (Å²) in [4.78, 5) is 30.3. The van der Waals surface area contributed by atoms with Crippen molar-refractivity contribution >= 4 is 11.7 Å². The SMILES string of the molecule is Cc1c(C(=O)N2CCCCC2)[nH]c2c1C(=O)CC(C)(C)C2. The summed E-state index contributed by atoms with van der Waals surface area (Å²) in [5.74, 6) is 0.236. The number of fused-ring (bicyclic) bond motifs is 1. The third kappa shape index (κ3) is 2.52. The number of rotatable bonds is 1. The molecule has 0 unspecified atom stereocenters. The summed E-state index contributed by atoms with van der Waals surface area (Å²) in [6, 6.07) is 0. The van der Waals surface area contributed by atoms with Gasteiger partial charge in [0.15, 0.2) is 5.78 Å². The van der Waals surface area contributed by atoms with Crippen molar-refractivity contribution in [2.24, 2.45) is 5.41 Å². The second kappa shape index (κ2) is 5.00. The van der Waals surface area contributed by atoms with E-state index < -0.39 is 0 Å². The molecule has 4 nitrogen and oxygen atoms in total. The first-order valence-corrected chi connectivity index (χ1v) is 7.93. The van der Waals surface area contributed by atoms with Crippen LogP contribution in [-0.2, 0) is 6.42 Å². The quantitative estimate of drug-likeness (QED) is 0.863. The molecular weight excluding hydrogens is 264 g/mol. The van der Waals surface area contributed by atoms with E-state index in [1.54, 1.807) is 0 Å². The number of aromatic amines is 1. The number of amides is 1. The van der Waals surface area contributed by atoms with Gasteiger partial charge in [-0.1, -0.05) is 13.8 Å². The Balaban J connectivity index is 1.95. The molecule has 1 aliphatic heterocycles. The average Bonchev–Trinajstić information content (AvgIpc) is 2.74. The van der Waals surface area contributed by atoms with Gasteiger partial charge in [-0.2, -0.15) is 0 Å². The highest BCUT2D eigenvalue weighted by atomic mass is 16.2. The van der Waals surface area contributed by atoms with Crippen molar-refractivity contribution in [3.63, 3.8) is 0 Å². The highest BCUT2D eigenvalue weighted by molar-refractivity contribution is 6.04. The van der Waals surface area contributed by atoms with Crippen LogP contribution in [0.2, 0.25) is 0 Å². The normalized spacial score (nSPS) is 21.3. The number of hydrogen-bond donors (Lipinski definition) is 1. The van der Waals surface area contributed by atoms with Gasteiger partial charge in [0.2, 0.25) is 0 Å². The minimum Gasteiger partial charge on any atom is -0.354 e. The van der Waals surface area contributed by atoms with Gasteiger partial charge in [0.1, 0.15) is 5.69 Å². The third-order valence-electron chi connectivity index (χ3n) is 4.76. The second-order valence-electron chi connectivity index (χ2n) is 7.27. The van der Waals surface area contributed by atoms with Crippen LogP contribution in [0.3, 0.4) is 0 Å². The molecule has 2 aliphatic rings. The Morgan fingerprint density at radius 1 is 1.14 bits per heavy atom. The zero-order valence-electron chi connectivity index (χ0n) is 13.2. The van der Waals surface area contributed by atoms with Crippen LogP contribution in [0.25, 0.3) is 0 Å². The van der Waals surface area contributed by atoms with Gasteiger partial charge < -0.3 is 9.88 Å². The van der Waals surface area contributed by atoms with Crippen LogP contribution in [0.15, 0.2) is 0 Å². The summed E-state index contributed by atoms with van der Waals surface area (Å²) in [5, 5.41) is 0.